The average molecular weight is 354 g/mol. The van der Waals surface area contributed by atoms with Gasteiger partial charge in [0.25, 0.3) is 0 Å². The quantitative estimate of drug-likeness (QED) is 0.394. The number of thiophene rings is 1. The zero-order valence-electron chi connectivity index (χ0n) is 14.2. The summed E-state index contributed by atoms with van der Waals surface area (Å²) in [5.41, 5.74) is 2.10. The molecule has 2 heteroatoms. The first-order chi connectivity index (χ1) is 12.8. The zero-order chi connectivity index (χ0) is 17.5. The smallest absolute Gasteiger partial charge is 0.167 e. The Balaban J connectivity index is 1.53. The maximum atomic E-state index is 13.3. The molecular weight excluding hydrogens is 336 g/mol. The highest BCUT2D eigenvalue weighted by Crippen LogP contribution is 2.62. The average Bonchev–Trinajstić information content (AvgIpc) is 3.20. The molecule has 1 aliphatic rings. The Morgan fingerprint density at radius 3 is 2.27 bits per heavy atom. The summed E-state index contributed by atoms with van der Waals surface area (Å²) < 4.78 is 0. The summed E-state index contributed by atoms with van der Waals surface area (Å²) in [5.74, 6) is 0.894. The monoisotopic (exact) mass is 354 g/mol. The fourth-order valence-corrected chi connectivity index (χ4v) is 5.02. The lowest BCUT2D eigenvalue weighted by molar-refractivity contribution is 0.0963. The van der Waals surface area contributed by atoms with Crippen molar-refractivity contribution in [3.63, 3.8) is 0 Å². The van der Waals surface area contributed by atoms with Gasteiger partial charge in [-0.25, -0.2) is 0 Å². The van der Waals surface area contributed by atoms with E-state index in [9.17, 15) is 4.79 Å². The second kappa shape index (κ2) is 6.22. The zero-order valence-corrected chi connectivity index (χ0v) is 15.0. The lowest BCUT2D eigenvalue weighted by Crippen LogP contribution is -2.04. The summed E-state index contributed by atoms with van der Waals surface area (Å²) >= 11 is 1.76. The van der Waals surface area contributed by atoms with Crippen molar-refractivity contribution in [3.05, 3.63) is 106 Å². The minimum Gasteiger partial charge on any atom is -0.294 e. The fourth-order valence-electron chi connectivity index (χ4n) is 4.10. The maximum absolute atomic E-state index is 13.3. The first kappa shape index (κ1) is 15.5. The van der Waals surface area contributed by atoms with Gasteiger partial charge in [-0.2, -0.15) is 0 Å². The van der Waals surface area contributed by atoms with Crippen molar-refractivity contribution in [1.82, 2.24) is 0 Å². The van der Waals surface area contributed by atoms with Crippen molar-refractivity contribution < 1.29 is 4.79 Å². The molecule has 1 aromatic heterocycles. The van der Waals surface area contributed by atoms with Crippen molar-refractivity contribution in [2.75, 3.05) is 0 Å². The fraction of sp³-hybridized carbons (Fsp3) is 0.125. The molecule has 0 aliphatic heterocycles. The third-order valence-electron chi connectivity index (χ3n) is 5.41. The van der Waals surface area contributed by atoms with Gasteiger partial charge in [-0.05, 0) is 33.8 Å². The maximum Gasteiger partial charge on any atom is 0.167 e. The van der Waals surface area contributed by atoms with Crippen LogP contribution in [0.5, 0.6) is 0 Å². The van der Waals surface area contributed by atoms with Crippen LogP contribution in [0.4, 0.5) is 0 Å². The molecule has 0 bridgehead atoms. The molecule has 0 N–H and O–H groups in total. The van der Waals surface area contributed by atoms with Crippen LogP contribution in [-0.2, 0) is 0 Å². The summed E-state index contributed by atoms with van der Waals surface area (Å²) in [7, 11) is 0. The normalized spacial score (nSPS) is 21.6. The molecule has 1 nitrogen and oxygen atoms in total. The van der Waals surface area contributed by atoms with Crippen LogP contribution in [0.3, 0.4) is 0 Å². The Labute approximate surface area is 156 Å². The van der Waals surface area contributed by atoms with Gasteiger partial charge in [0.1, 0.15) is 0 Å². The SMILES string of the molecule is O=C(c1ccc2ccccc2c1)[C@@H]1[C@@H](c2ccccc2)[C@H]1c1cccs1. The van der Waals surface area contributed by atoms with Gasteiger partial charge in [0.15, 0.2) is 5.78 Å². The van der Waals surface area contributed by atoms with E-state index in [2.05, 4.69) is 60.0 Å². The largest absolute Gasteiger partial charge is 0.294 e. The summed E-state index contributed by atoms with van der Waals surface area (Å²) in [4.78, 5) is 14.7. The second-order valence-electron chi connectivity index (χ2n) is 6.93. The van der Waals surface area contributed by atoms with E-state index in [4.69, 9.17) is 0 Å². The van der Waals surface area contributed by atoms with E-state index in [1.807, 2.05) is 30.3 Å². The standard InChI is InChI=1S/C24H18OS/c25-24(19-13-12-16-7-4-5-10-18(16)15-19)23-21(17-8-2-1-3-9-17)22(23)20-11-6-14-26-20/h1-15,21-23H/t21-,22+,23+/m0/s1. The number of carbonyl (C=O) groups is 1. The first-order valence-corrected chi connectivity index (χ1v) is 9.82. The van der Waals surface area contributed by atoms with Crippen molar-refractivity contribution >= 4 is 27.9 Å². The van der Waals surface area contributed by atoms with Gasteiger partial charge >= 0.3 is 0 Å². The number of fused-ring (bicyclic) bond motifs is 1. The highest BCUT2D eigenvalue weighted by atomic mass is 32.1. The van der Waals surface area contributed by atoms with E-state index in [0.29, 0.717) is 5.92 Å². The van der Waals surface area contributed by atoms with Crippen molar-refractivity contribution in [2.24, 2.45) is 5.92 Å². The van der Waals surface area contributed by atoms with Crippen LogP contribution < -0.4 is 0 Å². The number of rotatable bonds is 4. The van der Waals surface area contributed by atoms with Crippen molar-refractivity contribution in [1.29, 1.82) is 0 Å². The topological polar surface area (TPSA) is 17.1 Å². The molecular formula is C24H18OS. The summed E-state index contributed by atoms with van der Waals surface area (Å²) in [5, 5.41) is 4.41. The van der Waals surface area contributed by atoms with E-state index in [0.717, 1.165) is 10.9 Å². The lowest BCUT2D eigenvalue weighted by atomic mass is 10.00. The van der Waals surface area contributed by atoms with Crippen LogP contribution in [0, 0.1) is 5.92 Å². The van der Waals surface area contributed by atoms with Gasteiger partial charge in [0.05, 0.1) is 0 Å². The Morgan fingerprint density at radius 2 is 1.50 bits per heavy atom. The Hall–Kier alpha value is -2.71. The number of Topliss-reactive ketones (excluding diaryl/α,β-unsaturated/α-hetero) is 1. The predicted octanol–water partition coefficient (Wildman–Crippen LogP) is 6.28. The Morgan fingerprint density at radius 1 is 0.731 bits per heavy atom. The van der Waals surface area contributed by atoms with Gasteiger partial charge in [-0.3, -0.25) is 4.79 Å². The van der Waals surface area contributed by atoms with Gasteiger partial charge in [-0.15, -0.1) is 11.3 Å². The molecule has 0 radical (unpaired) electrons. The number of hydrogen-bond acceptors (Lipinski definition) is 2. The predicted molar refractivity (Wildman–Crippen MR) is 108 cm³/mol. The van der Waals surface area contributed by atoms with E-state index in [-0.39, 0.29) is 17.6 Å². The van der Waals surface area contributed by atoms with Crippen LogP contribution in [0.15, 0.2) is 90.3 Å². The molecule has 1 fully saturated rings. The first-order valence-electron chi connectivity index (χ1n) is 8.94. The minimum absolute atomic E-state index is 0.0391. The van der Waals surface area contributed by atoms with Gasteiger partial charge in [-0.1, -0.05) is 72.8 Å². The summed E-state index contributed by atoms with van der Waals surface area (Å²) in [6.45, 7) is 0. The Kier molecular flexibility index (Phi) is 3.72. The molecule has 26 heavy (non-hydrogen) atoms. The van der Waals surface area contributed by atoms with Gasteiger partial charge in [0, 0.05) is 28.2 Å². The van der Waals surface area contributed by atoms with Crippen LogP contribution in [-0.4, -0.2) is 5.78 Å². The van der Waals surface area contributed by atoms with Crippen LogP contribution in [0.2, 0.25) is 0 Å². The van der Waals surface area contributed by atoms with Crippen LogP contribution in [0.1, 0.15) is 32.6 Å². The molecule has 3 aromatic carbocycles. The molecule has 1 aliphatic carbocycles. The molecule has 5 rings (SSSR count). The number of hydrogen-bond donors (Lipinski definition) is 0. The third-order valence-corrected chi connectivity index (χ3v) is 6.39. The lowest BCUT2D eigenvalue weighted by Gasteiger charge is -2.03. The second-order valence-corrected chi connectivity index (χ2v) is 7.91. The van der Waals surface area contributed by atoms with Crippen molar-refractivity contribution in [2.45, 2.75) is 11.8 Å². The van der Waals surface area contributed by atoms with E-state index in [1.54, 1.807) is 11.3 Å². The van der Waals surface area contributed by atoms with Gasteiger partial charge < -0.3 is 0 Å². The van der Waals surface area contributed by atoms with Crippen molar-refractivity contribution in [3.8, 4) is 0 Å². The van der Waals surface area contributed by atoms with Gasteiger partial charge in [0.2, 0.25) is 0 Å². The van der Waals surface area contributed by atoms with Crippen LogP contribution in [0.25, 0.3) is 10.8 Å². The molecule has 1 saturated carbocycles. The Bertz CT molecular complexity index is 1070. The van der Waals surface area contributed by atoms with E-state index in [1.165, 1.54) is 15.8 Å². The highest BCUT2D eigenvalue weighted by molar-refractivity contribution is 7.10. The number of ketones is 1. The summed E-state index contributed by atoms with van der Waals surface area (Å²) in [6.07, 6.45) is 0. The number of benzene rings is 3. The molecule has 126 valence electrons. The molecule has 1 heterocycles. The number of carbonyl (C=O) groups excluding carboxylic acids is 1. The van der Waals surface area contributed by atoms with E-state index < -0.39 is 0 Å². The molecule has 0 spiro atoms. The third kappa shape index (κ3) is 2.58. The molecule has 3 atom stereocenters. The minimum atomic E-state index is 0.0391. The molecule has 0 unspecified atom stereocenters. The molecule has 4 aromatic rings. The highest BCUT2D eigenvalue weighted by Gasteiger charge is 2.56. The summed E-state index contributed by atoms with van der Waals surface area (Å²) in [6, 6.07) is 29.0. The van der Waals surface area contributed by atoms with E-state index >= 15 is 0 Å². The molecule has 0 saturated heterocycles. The van der Waals surface area contributed by atoms with Crippen LogP contribution >= 0.6 is 11.3 Å². The molecule has 0 amide bonds.